The van der Waals surface area contributed by atoms with Crippen molar-refractivity contribution >= 4 is 0 Å². The summed E-state index contributed by atoms with van der Waals surface area (Å²) in [5.41, 5.74) is -0.752. The average Bonchev–Trinajstić information content (AvgIpc) is 2.14. The van der Waals surface area contributed by atoms with E-state index in [1.54, 1.807) is 11.9 Å². The van der Waals surface area contributed by atoms with Crippen LogP contribution in [0.15, 0.2) is 0 Å². The molecule has 82 valence electrons. The Kier molecular flexibility index (Phi) is 2.52. The molecule has 0 amide bonds. The van der Waals surface area contributed by atoms with Crippen LogP contribution in [0.2, 0.25) is 0 Å². The zero-order valence-electron chi connectivity index (χ0n) is 8.65. The monoisotopic (exact) mass is 204 g/mol. The van der Waals surface area contributed by atoms with Crippen molar-refractivity contribution in [3.8, 4) is 0 Å². The summed E-state index contributed by atoms with van der Waals surface area (Å²) in [4.78, 5) is 1.74. The van der Waals surface area contributed by atoms with E-state index in [2.05, 4.69) is 5.32 Å². The number of hydrogen-bond acceptors (Lipinski definition) is 2. The zero-order valence-corrected chi connectivity index (χ0v) is 8.65. The highest BCUT2D eigenvalue weighted by atomic mass is 19.3. The fraction of sp³-hybridized carbons (Fsp3) is 1.00. The standard InChI is InChI=1S/C10H18F2N2/c1-14-6-4-9(10(11,12)8-14)3-2-5-13-7-9/h13H,2-8H2,1H3. The molecule has 1 atom stereocenters. The first kappa shape index (κ1) is 10.3. The maximum atomic E-state index is 13.9. The van der Waals surface area contributed by atoms with Gasteiger partial charge >= 0.3 is 0 Å². The largest absolute Gasteiger partial charge is 0.316 e. The molecule has 0 aromatic rings. The van der Waals surface area contributed by atoms with Crippen LogP contribution < -0.4 is 5.32 Å². The Labute approximate surface area is 83.7 Å². The minimum atomic E-state index is -2.52. The lowest BCUT2D eigenvalue weighted by Gasteiger charge is -2.48. The maximum Gasteiger partial charge on any atom is 0.267 e. The van der Waals surface area contributed by atoms with Crippen molar-refractivity contribution in [1.82, 2.24) is 10.2 Å². The van der Waals surface area contributed by atoms with E-state index in [0.29, 0.717) is 19.4 Å². The lowest BCUT2D eigenvalue weighted by atomic mass is 9.70. The van der Waals surface area contributed by atoms with Crippen LogP contribution in [-0.2, 0) is 0 Å². The van der Waals surface area contributed by atoms with Crippen LogP contribution in [0, 0.1) is 5.41 Å². The number of piperidine rings is 2. The van der Waals surface area contributed by atoms with Crippen LogP contribution in [-0.4, -0.2) is 44.0 Å². The summed E-state index contributed by atoms with van der Waals surface area (Å²) in [6, 6.07) is 0. The van der Waals surface area contributed by atoms with Crippen LogP contribution in [0.4, 0.5) is 8.78 Å². The van der Waals surface area contributed by atoms with Crippen molar-refractivity contribution in [2.24, 2.45) is 5.41 Å². The molecule has 2 nitrogen and oxygen atoms in total. The molecule has 2 rings (SSSR count). The molecule has 4 heteroatoms. The Hall–Kier alpha value is -0.220. The van der Waals surface area contributed by atoms with Gasteiger partial charge in [-0.2, -0.15) is 0 Å². The van der Waals surface area contributed by atoms with Crippen LogP contribution >= 0.6 is 0 Å². The third-order valence-electron chi connectivity index (χ3n) is 3.69. The quantitative estimate of drug-likeness (QED) is 0.640. The number of hydrogen-bond donors (Lipinski definition) is 1. The first-order valence-electron chi connectivity index (χ1n) is 5.33. The molecule has 0 bridgehead atoms. The summed E-state index contributed by atoms with van der Waals surface area (Å²) in [5, 5.41) is 3.12. The minimum absolute atomic E-state index is 0.0747. The van der Waals surface area contributed by atoms with Crippen LogP contribution in [0.5, 0.6) is 0 Å². The van der Waals surface area contributed by atoms with E-state index in [4.69, 9.17) is 0 Å². The van der Waals surface area contributed by atoms with E-state index in [1.165, 1.54) is 0 Å². The molecule has 1 N–H and O–H groups in total. The van der Waals surface area contributed by atoms with Gasteiger partial charge in [-0.1, -0.05) is 0 Å². The Balaban J connectivity index is 2.16. The smallest absolute Gasteiger partial charge is 0.267 e. The number of halogens is 2. The van der Waals surface area contributed by atoms with E-state index in [0.717, 1.165) is 19.5 Å². The van der Waals surface area contributed by atoms with Gasteiger partial charge in [-0.05, 0) is 39.4 Å². The molecule has 2 fully saturated rings. The lowest BCUT2D eigenvalue weighted by molar-refractivity contribution is -0.172. The van der Waals surface area contributed by atoms with Gasteiger partial charge in [0, 0.05) is 12.0 Å². The molecule has 1 unspecified atom stereocenters. The van der Waals surface area contributed by atoms with Gasteiger partial charge in [-0.25, -0.2) is 8.78 Å². The van der Waals surface area contributed by atoms with Crippen molar-refractivity contribution < 1.29 is 8.78 Å². The number of rotatable bonds is 0. The van der Waals surface area contributed by atoms with E-state index in [9.17, 15) is 8.78 Å². The molecule has 2 saturated heterocycles. The maximum absolute atomic E-state index is 13.9. The minimum Gasteiger partial charge on any atom is -0.316 e. The first-order valence-corrected chi connectivity index (χ1v) is 5.33. The molecule has 2 aliphatic rings. The van der Waals surface area contributed by atoms with Gasteiger partial charge in [-0.15, -0.1) is 0 Å². The highest BCUT2D eigenvalue weighted by Gasteiger charge is 2.55. The molecule has 2 heterocycles. The fourth-order valence-corrected chi connectivity index (χ4v) is 2.67. The molecule has 0 aliphatic carbocycles. The molecule has 0 aromatic carbocycles. The Bertz CT molecular complexity index is 212. The summed E-state index contributed by atoms with van der Waals surface area (Å²) < 4.78 is 27.8. The van der Waals surface area contributed by atoms with Gasteiger partial charge in [-0.3, -0.25) is 0 Å². The third-order valence-corrected chi connectivity index (χ3v) is 3.69. The van der Waals surface area contributed by atoms with Gasteiger partial charge < -0.3 is 10.2 Å². The summed E-state index contributed by atoms with van der Waals surface area (Å²) in [6.07, 6.45) is 2.20. The fourth-order valence-electron chi connectivity index (χ4n) is 2.67. The molecular formula is C10H18F2N2. The summed E-state index contributed by atoms with van der Waals surface area (Å²) in [5.74, 6) is -2.52. The predicted octanol–water partition coefficient (Wildman–Crippen LogP) is 1.33. The Morgan fingerprint density at radius 1 is 1.29 bits per heavy atom. The van der Waals surface area contributed by atoms with E-state index < -0.39 is 11.3 Å². The Morgan fingerprint density at radius 3 is 2.64 bits per heavy atom. The van der Waals surface area contributed by atoms with Crippen molar-refractivity contribution in [3.63, 3.8) is 0 Å². The molecule has 0 radical (unpaired) electrons. The number of nitrogens with zero attached hydrogens (tertiary/aromatic N) is 1. The summed E-state index contributed by atoms with van der Waals surface area (Å²) in [7, 11) is 1.77. The van der Waals surface area contributed by atoms with Crippen LogP contribution in [0.25, 0.3) is 0 Å². The second-order valence-corrected chi connectivity index (χ2v) is 4.75. The molecular weight excluding hydrogens is 186 g/mol. The van der Waals surface area contributed by atoms with Gasteiger partial charge in [0.05, 0.1) is 6.54 Å². The van der Waals surface area contributed by atoms with Crippen molar-refractivity contribution in [2.45, 2.75) is 25.2 Å². The van der Waals surface area contributed by atoms with E-state index >= 15 is 0 Å². The van der Waals surface area contributed by atoms with Crippen molar-refractivity contribution in [2.75, 3.05) is 33.2 Å². The molecule has 14 heavy (non-hydrogen) atoms. The normalized spacial score (nSPS) is 38.8. The van der Waals surface area contributed by atoms with Gasteiger partial charge in [0.2, 0.25) is 0 Å². The van der Waals surface area contributed by atoms with Gasteiger partial charge in [0.1, 0.15) is 0 Å². The van der Waals surface area contributed by atoms with Crippen molar-refractivity contribution in [1.29, 1.82) is 0 Å². The first-order chi connectivity index (χ1) is 6.56. The molecule has 0 saturated carbocycles. The molecule has 0 aromatic heterocycles. The second-order valence-electron chi connectivity index (χ2n) is 4.75. The second kappa shape index (κ2) is 3.42. The van der Waals surface area contributed by atoms with Gasteiger partial charge in [0.15, 0.2) is 0 Å². The summed E-state index contributed by atoms with van der Waals surface area (Å²) >= 11 is 0. The number of nitrogens with one attached hydrogen (secondary N) is 1. The van der Waals surface area contributed by atoms with Crippen LogP contribution in [0.1, 0.15) is 19.3 Å². The van der Waals surface area contributed by atoms with Gasteiger partial charge in [0.25, 0.3) is 5.92 Å². The number of alkyl halides is 2. The predicted molar refractivity (Wildman–Crippen MR) is 51.6 cm³/mol. The van der Waals surface area contributed by atoms with Crippen molar-refractivity contribution in [3.05, 3.63) is 0 Å². The SMILES string of the molecule is CN1CCC2(CCCNC2)C(F)(F)C1. The molecule has 1 spiro atoms. The Morgan fingerprint density at radius 2 is 2.07 bits per heavy atom. The number of likely N-dealkylation sites (tertiary alicyclic amines) is 1. The summed E-state index contributed by atoms with van der Waals surface area (Å²) in [6.45, 7) is 2.12. The average molecular weight is 204 g/mol. The highest BCUT2D eigenvalue weighted by molar-refractivity contribution is 5.01. The topological polar surface area (TPSA) is 15.3 Å². The lowest BCUT2D eigenvalue weighted by Crippen LogP contribution is -2.60. The van der Waals surface area contributed by atoms with Crippen LogP contribution in [0.3, 0.4) is 0 Å². The third kappa shape index (κ3) is 1.54. The van der Waals surface area contributed by atoms with E-state index in [-0.39, 0.29) is 6.54 Å². The molecule has 2 aliphatic heterocycles. The zero-order chi connectivity index (χ0) is 10.2. The van der Waals surface area contributed by atoms with E-state index in [1.807, 2.05) is 0 Å². The highest BCUT2D eigenvalue weighted by Crippen LogP contribution is 2.47.